The topological polar surface area (TPSA) is 46.6 Å². The summed E-state index contributed by atoms with van der Waals surface area (Å²) >= 11 is 0. The van der Waals surface area contributed by atoms with Crippen molar-refractivity contribution >= 4 is 16.6 Å². The maximum absolute atomic E-state index is 5.60. The zero-order chi connectivity index (χ0) is 19.5. The van der Waals surface area contributed by atoms with E-state index in [-0.39, 0.29) is 0 Å². The van der Waals surface area contributed by atoms with Crippen LogP contribution in [0.25, 0.3) is 10.9 Å². The molecule has 1 saturated heterocycles. The standard InChI is InChI=1S/C23H33N3O2/c1-4-26-12-8-9-16(15-26)24-23-17-10-6-5-7-11-19(17)25-20-14-22(28-3)21(27-2)13-18(20)23/h13-14,16H,4-12,15H2,1-3H3,(H,24,25)/t16-/m1/s1. The number of aromatic nitrogens is 1. The zero-order valence-electron chi connectivity index (χ0n) is 17.5. The maximum Gasteiger partial charge on any atom is 0.162 e. The van der Waals surface area contributed by atoms with Crippen LogP contribution in [0.2, 0.25) is 0 Å². The molecule has 0 bridgehead atoms. The van der Waals surface area contributed by atoms with E-state index in [2.05, 4.69) is 23.2 Å². The molecule has 0 radical (unpaired) electrons. The molecule has 2 aromatic rings. The van der Waals surface area contributed by atoms with Crippen molar-refractivity contribution in [1.82, 2.24) is 9.88 Å². The quantitative estimate of drug-likeness (QED) is 0.775. The summed E-state index contributed by atoms with van der Waals surface area (Å²) in [6, 6.07) is 4.62. The molecule has 1 N–H and O–H groups in total. The van der Waals surface area contributed by atoms with E-state index < -0.39 is 0 Å². The van der Waals surface area contributed by atoms with Crippen molar-refractivity contribution < 1.29 is 9.47 Å². The Hall–Kier alpha value is -2.01. The summed E-state index contributed by atoms with van der Waals surface area (Å²) in [5, 5.41) is 5.11. The van der Waals surface area contributed by atoms with Crippen LogP contribution in [0.15, 0.2) is 12.1 Å². The van der Waals surface area contributed by atoms with Gasteiger partial charge in [0.25, 0.3) is 0 Å². The molecule has 0 unspecified atom stereocenters. The van der Waals surface area contributed by atoms with Crippen molar-refractivity contribution in [2.24, 2.45) is 0 Å². The fraction of sp³-hybridized carbons (Fsp3) is 0.609. The van der Waals surface area contributed by atoms with Crippen LogP contribution in [0.1, 0.15) is 50.3 Å². The number of hydrogen-bond donors (Lipinski definition) is 1. The van der Waals surface area contributed by atoms with Crippen LogP contribution in [0.4, 0.5) is 5.69 Å². The van der Waals surface area contributed by atoms with Crippen molar-refractivity contribution in [1.29, 1.82) is 0 Å². The van der Waals surface area contributed by atoms with E-state index in [1.54, 1.807) is 14.2 Å². The third kappa shape index (κ3) is 3.77. The van der Waals surface area contributed by atoms with Crippen LogP contribution in [-0.2, 0) is 12.8 Å². The fourth-order valence-corrected chi connectivity index (χ4v) is 4.76. The molecule has 0 amide bonds. The number of anilines is 1. The van der Waals surface area contributed by atoms with E-state index >= 15 is 0 Å². The number of rotatable bonds is 5. The lowest BCUT2D eigenvalue weighted by Crippen LogP contribution is -2.42. The Morgan fingerprint density at radius 1 is 1.07 bits per heavy atom. The molecular formula is C23H33N3O2. The van der Waals surface area contributed by atoms with E-state index in [0.717, 1.165) is 48.3 Å². The fourth-order valence-electron chi connectivity index (χ4n) is 4.76. The number of likely N-dealkylation sites (tertiary alicyclic amines) is 1. The molecule has 1 aromatic carbocycles. The first kappa shape index (κ1) is 19.3. The monoisotopic (exact) mass is 383 g/mol. The van der Waals surface area contributed by atoms with Gasteiger partial charge in [0, 0.05) is 35.4 Å². The molecule has 28 heavy (non-hydrogen) atoms. The molecule has 5 heteroatoms. The number of nitrogens with zero attached hydrogens (tertiary/aromatic N) is 2. The summed E-state index contributed by atoms with van der Waals surface area (Å²) in [6.07, 6.45) is 8.42. The van der Waals surface area contributed by atoms with Crippen LogP contribution in [0, 0.1) is 0 Å². The van der Waals surface area contributed by atoms with Crippen LogP contribution in [0.5, 0.6) is 11.5 Å². The number of piperidine rings is 1. The van der Waals surface area contributed by atoms with Crippen LogP contribution < -0.4 is 14.8 Å². The third-order valence-electron chi connectivity index (χ3n) is 6.32. The zero-order valence-corrected chi connectivity index (χ0v) is 17.5. The summed E-state index contributed by atoms with van der Waals surface area (Å²) in [6.45, 7) is 5.71. The normalized spacial score (nSPS) is 20.5. The molecule has 2 aliphatic rings. The molecule has 1 atom stereocenters. The number of likely N-dealkylation sites (N-methyl/N-ethyl adjacent to an activating group) is 1. The van der Waals surface area contributed by atoms with Gasteiger partial charge in [-0.3, -0.25) is 4.98 Å². The summed E-state index contributed by atoms with van der Waals surface area (Å²) in [4.78, 5) is 7.61. The van der Waals surface area contributed by atoms with Crippen molar-refractivity contribution in [2.75, 3.05) is 39.2 Å². The Morgan fingerprint density at radius 3 is 2.64 bits per heavy atom. The molecule has 152 valence electrons. The molecular weight excluding hydrogens is 350 g/mol. The maximum atomic E-state index is 5.60. The lowest BCUT2D eigenvalue weighted by Gasteiger charge is -2.34. The highest BCUT2D eigenvalue weighted by Crippen LogP contribution is 2.39. The first-order valence-electron chi connectivity index (χ1n) is 10.8. The Balaban J connectivity index is 1.81. The first-order valence-corrected chi connectivity index (χ1v) is 10.8. The predicted molar refractivity (Wildman–Crippen MR) is 115 cm³/mol. The van der Waals surface area contributed by atoms with Gasteiger partial charge in [0.15, 0.2) is 11.5 Å². The van der Waals surface area contributed by atoms with Crippen LogP contribution in [0.3, 0.4) is 0 Å². The molecule has 1 aromatic heterocycles. The lowest BCUT2D eigenvalue weighted by atomic mass is 9.99. The highest BCUT2D eigenvalue weighted by atomic mass is 16.5. The Kier molecular flexibility index (Phi) is 5.90. The average Bonchev–Trinajstić information content (AvgIpc) is 2.98. The van der Waals surface area contributed by atoms with E-state index in [4.69, 9.17) is 14.5 Å². The van der Waals surface area contributed by atoms with Gasteiger partial charge in [-0.15, -0.1) is 0 Å². The predicted octanol–water partition coefficient (Wildman–Crippen LogP) is 4.42. The molecule has 0 saturated carbocycles. The van der Waals surface area contributed by atoms with Crippen molar-refractivity contribution in [3.05, 3.63) is 23.4 Å². The van der Waals surface area contributed by atoms with Gasteiger partial charge >= 0.3 is 0 Å². The van der Waals surface area contributed by atoms with E-state index in [1.807, 2.05) is 6.07 Å². The largest absolute Gasteiger partial charge is 0.493 e. The second kappa shape index (κ2) is 8.56. The Labute approximate surface area is 168 Å². The summed E-state index contributed by atoms with van der Waals surface area (Å²) < 4.78 is 11.1. The van der Waals surface area contributed by atoms with E-state index in [0.29, 0.717) is 6.04 Å². The number of ether oxygens (including phenoxy) is 2. The number of nitrogens with one attached hydrogen (secondary N) is 1. The highest BCUT2D eigenvalue weighted by Gasteiger charge is 2.24. The van der Waals surface area contributed by atoms with Gasteiger partial charge in [0.2, 0.25) is 0 Å². The summed E-state index contributed by atoms with van der Waals surface area (Å²) in [5.41, 5.74) is 4.98. The number of aryl methyl sites for hydroxylation is 1. The average molecular weight is 384 g/mol. The van der Waals surface area contributed by atoms with Gasteiger partial charge in [0.1, 0.15) is 0 Å². The summed E-state index contributed by atoms with van der Waals surface area (Å²) in [5.74, 6) is 1.52. The van der Waals surface area contributed by atoms with Gasteiger partial charge in [0.05, 0.1) is 19.7 Å². The first-order chi connectivity index (χ1) is 13.7. The minimum absolute atomic E-state index is 0.486. The van der Waals surface area contributed by atoms with Gasteiger partial charge in [-0.1, -0.05) is 13.3 Å². The number of benzene rings is 1. The van der Waals surface area contributed by atoms with Gasteiger partial charge in [-0.2, -0.15) is 0 Å². The second-order valence-electron chi connectivity index (χ2n) is 8.07. The van der Waals surface area contributed by atoms with Crippen molar-refractivity contribution in [3.63, 3.8) is 0 Å². The third-order valence-corrected chi connectivity index (χ3v) is 6.32. The Morgan fingerprint density at radius 2 is 1.86 bits per heavy atom. The lowest BCUT2D eigenvalue weighted by molar-refractivity contribution is 0.227. The van der Waals surface area contributed by atoms with Gasteiger partial charge < -0.3 is 19.7 Å². The van der Waals surface area contributed by atoms with Crippen molar-refractivity contribution in [2.45, 2.75) is 57.9 Å². The molecule has 1 aliphatic heterocycles. The van der Waals surface area contributed by atoms with Gasteiger partial charge in [-0.25, -0.2) is 0 Å². The number of hydrogen-bond acceptors (Lipinski definition) is 5. The van der Waals surface area contributed by atoms with Gasteiger partial charge in [-0.05, 0) is 63.2 Å². The smallest absolute Gasteiger partial charge is 0.162 e. The molecule has 1 aliphatic carbocycles. The summed E-state index contributed by atoms with van der Waals surface area (Å²) in [7, 11) is 3.39. The highest BCUT2D eigenvalue weighted by molar-refractivity contribution is 5.96. The van der Waals surface area contributed by atoms with E-state index in [9.17, 15) is 0 Å². The van der Waals surface area contributed by atoms with Crippen molar-refractivity contribution in [3.8, 4) is 11.5 Å². The Bertz CT molecular complexity index is 836. The van der Waals surface area contributed by atoms with Crippen LogP contribution in [-0.4, -0.2) is 49.8 Å². The number of methoxy groups -OCH3 is 2. The molecule has 5 nitrogen and oxygen atoms in total. The SMILES string of the molecule is CCN1CCC[C@@H](Nc2c3c(nc4cc(OC)c(OC)cc24)CCCCC3)C1. The number of pyridine rings is 1. The molecule has 0 spiro atoms. The number of fused-ring (bicyclic) bond motifs is 2. The van der Waals surface area contributed by atoms with E-state index in [1.165, 1.54) is 55.6 Å². The molecule has 4 rings (SSSR count). The molecule has 2 heterocycles. The minimum Gasteiger partial charge on any atom is -0.493 e. The van der Waals surface area contributed by atoms with Crippen LogP contribution >= 0.6 is 0 Å². The molecule has 1 fully saturated rings. The minimum atomic E-state index is 0.486. The second-order valence-corrected chi connectivity index (χ2v) is 8.07.